The molecule has 3 rings (SSSR count). The van der Waals surface area contributed by atoms with E-state index in [1.165, 1.54) is 16.5 Å². The van der Waals surface area contributed by atoms with Crippen LogP contribution < -0.4 is 0 Å². The van der Waals surface area contributed by atoms with Gasteiger partial charge in [-0.3, -0.25) is 5.10 Å². The number of hydrogen-bond donors (Lipinski definition) is 1. The van der Waals surface area contributed by atoms with Gasteiger partial charge in [0.25, 0.3) is 0 Å². The molecule has 0 saturated carbocycles. The summed E-state index contributed by atoms with van der Waals surface area (Å²) < 4.78 is 2.14. The molecule has 0 amide bonds. The molecule has 0 aliphatic heterocycles. The predicted octanol–water partition coefficient (Wildman–Crippen LogP) is 2.57. The highest BCUT2D eigenvalue weighted by Crippen LogP contribution is 2.27. The zero-order valence-electron chi connectivity index (χ0n) is 8.44. The Morgan fingerprint density at radius 2 is 2.20 bits per heavy atom. The summed E-state index contributed by atoms with van der Waals surface area (Å²) in [5, 5.41) is 8.09. The van der Waals surface area contributed by atoms with Crippen LogP contribution in [0, 0.1) is 0 Å². The van der Waals surface area contributed by atoms with Crippen molar-refractivity contribution in [2.24, 2.45) is 7.05 Å². The lowest BCUT2D eigenvalue weighted by Gasteiger charge is -2.03. The van der Waals surface area contributed by atoms with Crippen molar-refractivity contribution in [3.8, 4) is 11.1 Å². The van der Waals surface area contributed by atoms with Crippen LogP contribution >= 0.6 is 0 Å². The number of rotatable bonds is 1. The van der Waals surface area contributed by atoms with Crippen LogP contribution in [0.15, 0.2) is 42.9 Å². The number of aryl methyl sites for hydroxylation is 1. The van der Waals surface area contributed by atoms with Gasteiger partial charge in [-0.1, -0.05) is 18.2 Å². The summed E-state index contributed by atoms with van der Waals surface area (Å²) in [4.78, 5) is 0. The second kappa shape index (κ2) is 2.98. The number of H-pyrrole nitrogens is 1. The Balaban J connectivity index is 2.39. The quantitative estimate of drug-likeness (QED) is 0.639. The molecule has 0 aliphatic carbocycles. The molecule has 2 heterocycles. The Kier molecular flexibility index (Phi) is 1.65. The zero-order chi connectivity index (χ0) is 10.3. The SMILES string of the molecule is Cn1ccc2cccc(-c3cn[nH]c3)c21. The van der Waals surface area contributed by atoms with Crippen molar-refractivity contribution in [3.05, 3.63) is 42.9 Å². The van der Waals surface area contributed by atoms with E-state index in [1.54, 1.807) is 0 Å². The maximum atomic E-state index is 3.99. The van der Waals surface area contributed by atoms with Gasteiger partial charge in [-0.15, -0.1) is 0 Å². The normalized spacial score (nSPS) is 11.0. The van der Waals surface area contributed by atoms with Crippen molar-refractivity contribution in [2.75, 3.05) is 0 Å². The van der Waals surface area contributed by atoms with Gasteiger partial charge in [0.05, 0.1) is 11.7 Å². The number of para-hydroxylation sites is 1. The fraction of sp³-hybridized carbons (Fsp3) is 0.0833. The van der Waals surface area contributed by atoms with E-state index in [0.29, 0.717) is 0 Å². The third-order valence-corrected chi connectivity index (χ3v) is 2.71. The summed E-state index contributed by atoms with van der Waals surface area (Å²) in [5.74, 6) is 0. The molecule has 1 aromatic carbocycles. The molecule has 74 valence electrons. The molecule has 2 aromatic heterocycles. The van der Waals surface area contributed by atoms with Gasteiger partial charge in [-0.05, 0) is 6.07 Å². The molecule has 3 heteroatoms. The van der Waals surface area contributed by atoms with Crippen molar-refractivity contribution >= 4 is 10.9 Å². The molecule has 0 bridgehead atoms. The average molecular weight is 197 g/mol. The lowest BCUT2D eigenvalue weighted by Crippen LogP contribution is -1.87. The second-order valence-electron chi connectivity index (χ2n) is 3.66. The van der Waals surface area contributed by atoms with Gasteiger partial charge >= 0.3 is 0 Å². The molecule has 0 radical (unpaired) electrons. The zero-order valence-corrected chi connectivity index (χ0v) is 8.44. The van der Waals surface area contributed by atoms with Crippen LogP contribution in [0.4, 0.5) is 0 Å². The first kappa shape index (κ1) is 8.29. The minimum atomic E-state index is 1.13. The Morgan fingerprint density at radius 1 is 1.27 bits per heavy atom. The Morgan fingerprint density at radius 3 is 3.00 bits per heavy atom. The van der Waals surface area contributed by atoms with E-state index >= 15 is 0 Å². The van der Waals surface area contributed by atoms with Crippen molar-refractivity contribution in [3.63, 3.8) is 0 Å². The Hall–Kier alpha value is -2.03. The van der Waals surface area contributed by atoms with E-state index in [4.69, 9.17) is 0 Å². The third-order valence-electron chi connectivity index (χ3n) is 2.71. The van der Waals surface area contributed by atoms with Crippen molar-refractivity contribution < 1.29 is 0 Å². The summed E-state index contributed by atoms with van der Waals surface area (Å²) in [5.41, 5.74) is 3.59. The van der Waals surface area contributed by atoms with E-state index in [0.717, 1.165) is 5.56 Å². The van der Waals surface area contributed by atoms with Gasteiger partial charge in [0, 0.05) is 36.0 Å². The highest BCUT2D eigenvalue weighted by Gasteiger charge is 2.06. The van der Waals surface area contributed by atoms with Crippen LogP contribution in [0.2, 0.25) is 0 Å². The number of hydrogen-bond acceptors (Lipinski definition) is 1. The molecule has 0 fully saturated rings. The smallest absolute Gasteiger partial charge is 0.0566 e. The molecule has 0 unspecified atom stereocenters. The van der Waals surface area contributed by atoms with Crippen molar-refractivity contribution in [2.45, 2.75) is 0 Å². The number of aromatic nitrogens is 3. The number of benzene rings is 1. The molecule has 0 spiro atoms. The molecule has 15 heavy (non-hydrogen) atoms. The number of nitrogens with zero attached hydrogens (tertiary/aromatic N) is 2. The lowest BCUT2D eigenvalue weighted by molar-refractivity contribution is 0.970. The molecule has 0 saturated heterocycles. The summed E-state index contributed by atoms with van der Waals surface area (Å²) >= 11 is 0. The first-order chi connectivity index (χ1) is 7.36. The van der Waals surface area contributed by atoms with E-state index < -0.39 is 0 Å². The van der Waals surface area contributed by atoms with Gasteiger partial charge < -0.3 is 4.57 Å². The van der Waals surface area contributed by atoms with E-state index in [-0.39, 0.29) is 0 Å². The largest absolute Gasteiger partial charge is 0.350 e. The highest BCUT2D eigenvalue weighted by atomic mass is 15.1. The van der Waals surface area contributed by atoms with Crippen molar-refractivity contribution in [1.82, 2.24) is 14.8 Å². The molecule has 0 atom stereocenters. The van der Waals surface area contributed by atoms with Crippen LogP contribution in [0.5, 0.6) is 0 Å². The van der Waals surface area contributed by atoms with Crippen LogP contribution in [-0.4, -0.2) is 14.8 Å². The summed E-state index contributed by atoms with van der Waals surface area (Å²) in [6.07, 6.45) is 5.85. The minimum absolute atomic E-state index is 1.13. The van der Waals surface area contributed by atoms with Crippen LogP contribution in [0.3, 0.4) is 0 Å². The van der Waals surface area contributed by atoms with Crippen LogP contribution in [0.1, 0.15) is 0 Å². The monoisotopic (exact) mass is 197 g/mol. The van der Waals surface area contributed by atoms with Crippen molar-refractivity contribution in [1.29, 1.82) is 0 Å². The maximum Gasteiger partial charge on any atom is 0.0566 e. The first-order valence-electron chi connectivity index (χ1n) is 4.89. The van der Waals surface area contributed by atoms with Crippen LogP contribution in [0.25, 0.3) is 22.0 Å². The lowest BCUT2D eigenvalue weighted by atomic mass is 10.1. The standard InChI is InChI=1S/C12H11N3/c1-15-6-5-9-3-2-4-11(12(9)15)10-7-13-14-8-10/h2-8H,1H3,(H,13,14). The number of aromatic amines is 1. The minimum Gasteiger partial charge on any atom is -0.350 e. The molecule has 3 nitrogen and oxygen atoms in total. The van der Waals surface area contributed by atoms with Gasteiger partial charge in [0.1, 0.15) is 0 Å². The fourth-order valence-corrected chi connectivity index (χ4v) is 1.99. The molecule has 3 aromatic rings. The number of nitrogens with one attached hydrogen (secondary N) is 1. The first-order valence-corrected chi connectivity index (χ1v) is 4.89. The number of fused-ring (bicyclic) bond motifs is 1. The maximum absolute atomic E-state index is 3.99. The molecule has 0 aliphatic rings. The fourth-order valence-electron chi connectivity index (χ4n) is 1.99. The van der Waals surface area contributed by atoms with E-state index in [1.807, 2.05) is 12.4 Å². The van der Waals surface area contributed by atoms with Gasteiger partial charge in [-0.25, -0.2) is 0 Å². The Labute approximate surface area is 87.4 Å². The molecular formula is C12H11N3. The predicted molar refractivity (Wildman–Crippen MR) is 60.5 cm³/mol. The van der Waals surface area contributed by atoms with Gasteiger partial charge in [0.2, 0.25) is 0 Å². The second-order valence-corrected chi connectivity index (χ2v) is 3.66. The average Bonchev–Trinajstić information content (AvgIpc) is 2.88. The molecule has 1 N–H and O–H groups in total. The van der Waals surface area contributed by atoms with E-state index in [2.05, 4.69) is 52.3 Å². The topological polar surface area (TPSA) is 33.6 Å². The summed E-state index contributed by atoms with van der Waals surface area (Å²) in [6, 6.07) is 8.44. The summed E-state index contributed by atoms with van der Waals surface area (Å²) in [7, 11) is 2.06. The van der Waals surface area contributed by atoms with Crippen LogP contribution in [-0.2, 0) is 7.05 Å². The highest BCUT2D eigenvalue weighted by molar-refractivity contribution is 5.94. The summed E-state index contributed by atoms with van der Waals surface area (Å²) in [6.45, 7) is 0. The van der Waals surface area contributed by atoms with Gasteiger partial charge in [0.15, 0.2) is 0 Å². The van der Waals surface area contributed by atoms with E-state index in [9.17, 15) is 0 Å². The molecular weight excluding hydrogens is 186 g/mol. The Bertz CT molecular complexity index is 590. The van der Waals surface area contributed by atoms with Gasteiger partial charge in [-0.2, -0.15) is 5.10 Å². The third kappa shape index (κ3) is 1.16.